The van der Waals surface area contributed by atoms with Gasteiger partial charge >= 0.3 is 0 Å². The minimum Gasteiger partial charge on any atom is -0.493 e. The second-order valence-electron chi connectivity index (χ2n) is 6.92. The fraction of sp³-hybridized carbons (Fsp3) is 0.632. The molecule has 1 saturated heterocycles. The van der Waals surface area contributed by atoms with Crippen molar-refractivity contribution in [2.75, 3.05) is 20.3 Å². The monoisotopic (exact) mass is 348 g/mol. The molecule has 0 radical (unpaired) electrons. The molecule has 1 aromatic carbocycles. The maximum atomic E-state index is 12.5. The molecule has 1 aliphatic carbocycles. The first-order chi connectivity index (χ1) is 12.1. The molecule has 6 nitrogen and oxygen atoms in total. The van der Waals surface area contributed by atoms with E-state index in [2.05, 4.69) is 5.32 Å². The molecule has 3 rings (SSSR count). The molecule has 1 aliphatic heterocycles. The Morgan fingerprint density at radius 3 is 2.72 bits per heavy atom. The van der Waals surface area contributed by atoms with Crippen LogP contribution in [-0.4, -0.2) is 37.9 Å². The van der Waals surface area contributed by atoms with Crippen molar-refractivity contribution >= 4 is 5.91 Å². The predicted octanol–water partition coefficient (Wildman–Crippen LogP) is 2.14. The second-order valence-corrected chi connectivity index (χ2v) is 6.92. The predicted molar refractivity (Wildman–Crippen MR) is 94.7 cm³/mol. The SMILES string of the molecule is COc1cccc(CNC(=O)C2(N)CCOCC2)c1OC1CCCC1. The van der Waals surface area contributed by atoms with E-state index in [0.29, 0.717) is 38.3 Å². The highest BCUT2D eigenvalue weighted by Crippen LogP contribution is 2.35. The maximum Gasteiger partial charge on any atom is 0.240 e. The summed E-state index contributed by atoms with van der Waals surface area (Å²) >= 11 is 0. The summed E-state index contributed by atoms with van der Waals surface area (Å²) < 4.78 is 17.0. The Morgan fingerprint density at radius 2 is 2.04 bits per heavy atom. The Hall–Kier alpha value is -1.79. The van der Waals surface area contributed by atoms with E-state index in [9.17, 15) is 4.79 Å². The van der Waals surface area contributed by atoms with Crippen LogP contribution in [0.4, 0.5) is 0 Å². The van der Waals surface area contributed by atoms with Gasteiger partial charge in [0.25, 0.3) is 0 Å². The van der Waals surface area contributed by atoms with Gasteiger partial charge in [0.2, 0.25) is 5.91 Å². The smallest absolute Gasteiger partial charge is 0.240 e. The van der Waals surface area contributed by atoms with E-state index in [1.165, 1.54) is 12.8 Å². The zero-order valence-corrected chi connectivity index (χ0v) is 14.9. The lowest BCUT2D eigenvalue weighted by Gasteiger charge is -2.32. The lowest BCUT2D eigenvalue weighted by molar-refractivity contribution is -0.129. The lowest BCUT2D eigenvalue weighted by atomic mass is 9.90. The van der Waals surface area contributed by atoms with Gasteiger partial charge in [-0.05, 0) is 44.6 Å². The Kier molecular flexibility index (Phi) is 5.81. The highest BCUT2D eigenvalue weighted by atomic mass is 16.5. The molecule has 6 heteroatoms. The number of amides is 1. The molecule has 138 valence electrons. The molecule has 2 aliphatic rings. The van der Waals surface area contributed by atoms with Gasteiger partial charge in [-0.15, -0.1) is 0 Å². The molecule has 0 aromatic heterocycles. The van der Waals surface area contributed by atoms with E-state index >= 15 is 0 Å². The van der Waals surface area contributed by atoms with Crippen LogP contribution in [0.3, 0.4) is 0 Å². The van der Waals surface area contributed by atoms with Crippen molar-refractivity contribution in [2.45, 2.75) is 56.7 Å². The van der Waals surface area contributed by atoms with Crippen LogP contribution >= 0.6 is 0 Å². The second kappa shape index (κ2) is 8.06. The number of hydrogen-bond acceptors (Lipinski definition) is 5. The third kappa shape index (κ3) is 4.25. The molecule has 1 saturated carbocycles. The number of carbonyl (C=O) groups is 1. The van der Waals surface area contributed by atoms with Gasteiger partial charge in [0.15, 0.2) is 11.5 Å². The van der Waals surface area contributed by atoms with Gasteiger partial charge in [-0.3, -0.25) is 4.79 Å². The molecule has 1 amide bonds. The van der Waals surface area contributed by atoms with Gasteiger partial charge in [0.1, 0.15) is 0 Å². The third-order valence-corrected chi connectivity index (χ3v) is 5.14. The number of rotatable bonds is 6. The van der Waals surface area contributed by atoms with E-state index in [0.717, 1.165) is 24.2 Å². The molecule has 0 unspecified atom stereocenters. The van der Waals surface area contributed by atoms with Crippen molar-refractivity contribution in [2.24, 2.45) is 5.73 Å². The molecular formula is C19H28N2O4. The average Bonchev–Trinajstić information content (AvgIpc) is 3.14. The number of ether oxygens (including phenoxy) is 3. The summed E-state index contributed by atoms with van der Waals surface area (Å²) in [5.74, 6) is 1.30. The van der Waals surface area contributed by atoms with Crippen LogP contribution in [0.2, 0.25) is 0 Å². The lowest BCUT2D eigenvalue weighted by Crippen LogP contribution is -2.56. The number of nitrogens with one attached hydrogen (secondary N) is 1. The fourth-order valence-electron chi connectivity index (χ4n) is 3.48. The summed E-state index contributed by atoms with van der Waals surface area (Å²) in [7, 11) is 1.64. The topological polar surface area (TPSA) is 82.8 Å². The van der Waals surface area contributed by atoms with Gasteiger partial charge in [-0.2, -0.15) is 0 Å². The van der Waals surface area contributed by atoms with Crippen LogP contribution in [0.25, 0.3) is 0 Å². The minimum atomic E-state index is -0.844. The van der Waals surface area contributed by atoms with Crippen LogP contribution in [0.1, 0.15) is 44.1 Å². The normalized spacial score (nSPS) is 20.2. The standard InChI is InChI=1S/C19H28N2O4/c1-23-16-8-4-5-14(17(16)25-15-6-2-3-7-15)13-21-18(22)19(20)9-11-24-12-10-19/h4-5,8,15H,2-3,6-7,9-13,20H2,1H3,(H,21,22). The van der Waals surface area contributed by atoms with Crippen molar-refractivity contribution in [1.29, 1.82) is 0 Å². The number of carbonyl (C=O) groups excluding carboxylic acids is 1. The molecule has 0 bridgehead atoms. The van der Waals surface area contributed by atoms with Crippen molar-refractivity contribution in [3.05, 3.63) is 23.8 Å². The molecule has 25 heavy (non-hydrogen) atoms. The highest BCUT2D eigenvalue weighted by molar-refractivity contribution is 5.86. The molecule has 1 heterocycles. The first-order valence-electron chi connectivity index (χ1n) is 9.10. The highest BCUT2D eigenvalue weighted by Gasteiger charge is 2.35. The number of para-hydroxylation sites is 1. The van der Waals surface area contributed by atoms with Crippen molar-refractivity contribution in [3.63, 3.8) is 0 Å². The first kappa shape index (κ1) is 18.0. The van der Waals surface area contributed by atoms with Gasteiger partial charge in [0, 0.05) is 25.3 Å². The van der Waals surface area contributed by atoms with Gasteiger partial charge in [-0.25, -0.2) is 0 Å². The van der Waals surface area contributed by atoms with Crippen LogP contribution in [-0.2, 0) is 16.1 Å². The Bertz CT molecular complexity index is 593. The molecule has 0 spiro atoms. The van der Waals surface area contributed by atoms with Crippen molar-refractivity contribution < 1.29 is 19.0 Å². The molecular weight excluding hydrogens is 320 g/mol. The molecule has 0 atom stereocenters. The zero-order valence-electron chi connectivity index (χ0n) is 14.9. The van der Waals surface area contributed by atoms with E-state index in [-0.39, 0.29) is 12.0 Å². The van der Waals surface area contributed by atoms with Crippen LogP contribution < -0.4 is 20.5 Å². The minimum absolute atomic E-state index is 0.134. The van der Waals surface area contributed by atoms with E-state index in [1.54, 1.807) is 7.11 Å². The first-order valence-corrected chi connectivity index (χ1v) is 9.10. The summed E-state index contributed by atoms with van der Waals surface area (Å²) in [4.78, 5) is 12.5. The number of hydrogen-bond donors (Lipinski definition) is 2. The third-order valence-electron chi connectivity index (χ3n) is 5.14. The largest absolute Gasteiger partial charge is 0.493 e. The van der Waals surface area contributed by atoms with Crippen LogP contribution in [0, 0.1) is 0 Å². The summed E-state index contributed by atoms with van der Waals surface area (Å²) in [5, 5.41) is 2.97. The fourth-order valence-corrected chi connectivity index (χ4v) is 3.48. The summed E-state index contributed by atoms with van der Waals surface area (Å²) in [6.07, 6.45) is 5.84. The van der Waals surface area contributed by atoms with Crippen molar-refractivity contribution in [3.8, 4) is 11.5 Å². The van der Waals surface area contributed by atoms with E-state index in [4.69, 9.17) is 19.9 Å². The Balaban J connectivity index is 1.69. The Morgan fingerprint density at radius 1 is 1.32 bits per heavy atom. The van der Waals surface area contributed by atoms with Crippen molar-refractivity contribution in [1.82, 2.24) is 5.32 Å². The Labute approximate surface area is 149 Å². The zero-order chi connectivity index (χ0) is 17.7. The number of methoxy groups -OCH3 is 1. The quantitative estimate of drug-likeness (QED) is 0.823. The van der Waals surface area contributed by atoms with E-state index in [1.807, 2.05) is 18.2 Å². The number of benzene rings is 1. The molecule has 3 N–H and O–H groups in total. The van der Waals surface area contributed by atoms with Gasteiger partial charge < -0.3 is 25.3 Å². The number of nitrogens with two attached hydrogens (primary N) is 1. The maximum absolute atomic E-state index is 12.5. The van der Waals surface area contributed by atoms with Gasteiger partial charge in [-0.1, -0.05) is 12.1 Å². The summed E-state index contributed by atoms with van der Waals surface area (Å²) in [6, 6.07) is 5.76. The molecule has 1 aromatic rings. The summed E-state index contributed by atoms with van der Waals surface area (Å²) in [6.45, 7) is 1.43. The van der Waals surface area contributed by atoms with Crippen LogP contribution in [0.15, 0.2) is 18.2 Å². The summed E-state index contributed by atoms with van der Waals surface area (Å²) in [5.41, 5.74) is 6.31. The molecule has 2 fully saturated rings. The van der Waals surface area contributed by atoms with Crippen LogP contribution in [0.5, 0.6) is 11.5 Å². The van der Waals surface area contributed by atoms with Gasteiger partial charge in [0.05, 0.1) is 18.8 Å². The van der Waals surface area contributed by atoms with E-state index < -0.39 is 5.54 Å². The average molecular weight is 348 g/mol.